The Morgan fingerprint density at radius 1 is 1.18 bits per heavy atom. The van der Waals surface area contributed by atoms with Crippen molar-refractivity contribution in [1.82, 2.24) is 14.5 Å². The SMILES string of the molecule is CS(=O)(=O)NC(=O)CCc1cn(-c2ccccc2Br)nc1-c1ccc(Cl)cc1. The highest BCUT2D eigenvalue weighted by molar-refractivity contribution is 9.10. The Bertz CT molecular complexity index is 1110. The van der Waals surface area contributed by atoms with Crippen LogP contribution >= 0.6 is 27.5 Å². The summed E-state index contributed by atoms with van der Waals surface area (Å²) in [5, 5.41) is 5.30. The second kappa shape index (κ2) is 8.46. The van der Waals surface area contributed by atoms with Crippen molar-refractivity contribution < 1.29 is 13.2 Å². The van der Waals surface area contributed by atoms with Gasteiger partial charge in [-0.2, -0.15) is 5.10 Å². The van der Waals surface area contributed by atoms with E-state index in [9.17, 15) is 13.2 Å². The molecule has 0 spiro atoms. The smallest absolute Gasteiger partial charge is 0.233 e. The van der Waals surface area contributed by atoms with E-state index in [1.54, 1.807) is 16.8 Å². The molecule has 9 heteroatoms. The zero-order valence-corrected chi connectivity index (χ0v) is 18.1. The molecule has 1 aromatic heterocycles. The van der Waals surface area contributed by atoms with E-state index in [4.69, 9.17) is 11.6 Å². The zero-order chi connectivity index (χ0) is 20.3. The Kier molecular flexibility index (Phi) is 6.22. The topological polar surface area (TPSA) is 81.1 Å². The van der Waals surface area contributed by atoms with Gasteiger partial charge in [0.05, 0.1) is 17.6 Å². The number of aromatic nitrogens is 2. The molecule has 3 aromatic rings. The van der Waals surface area contributed by atoms with E-state index in [1.165, 1.54) is 0 Å². The number of sulfonamides is 1. The predicted octanol–water partition coefficient (Wildman–Crippen LogP) is 3.96. The van der Waals surface area contributed by atoms with Gasteiger partial charge < -0.3 is 0 Å². The molecular formula is C19H17BrClN3O3S. The number of nitrogens with one attached hydrogen (secondary N) is 1. The molecule has 0 unspecified atom stereocenters. The number of hydrogen-bond acceptors (Lipinski definition) is 4. The highest BCUT2D eigenvalue weighted by atomic mass is 79.9. The fourth-order valence-corrected chi connectivity index (χ4v) is 3.82. The van der Waals surface area contributed by atoms with Crippen LogP contribution in [-0.4, -0.2) is 30.4 Å². The molecule has 0 radical (unpaired) electrons. The Labute approximate surface area is 176 Å². The van der Waals surface area contributed by atoms with Crippen molar-refractivity contribution in [3.8, 4) is 16.9 Å². The van der Waals surface area contributed by atoms with Gasteiger partial charge >= 0.3 is 0 Å². The van der Waals surface area contributed by atoms with Gasteiger partial charge in [-0.05, 0) is 52.2 Å². The minimum atomic E-state index is -3.58. The van der Waals surface area contributed by atoms with E-state index in [0.717, 1.165) is 27.5 Å². The fraction of sp³-hybridized carbons (Fsp3) is 0.158. The van der Waals surface area contributed by atoms with Crippen LogP contribution in [0.25, 0.3) is 16.9 Å². The van der Waals surface area contributed by atoms with E-state index in [-0.39, 0.29) is 6.42 Å². The average Bonchev–Trinajstić information content (AvgIpc) is 3.03. The lowest BCUT2D eigenvalue weighted by atomic mass is 10.0. The molecule has 3 rings (SSSR count). The number of halogens is 2. The van der Waals surface area contributed by atoms with Crippen molar-refractivity contribution in [2.75, 3.05) is 6.26 Å². The van der Waals surface area contributed by atoms with Crippen molar-refractivity contribution in [3.63, 3.8) is 0 Å². The lowest BCUT2D eigenvalue weighted by Crippen LogP contribution is -2.29. The van der Waals surface area contributed by atoms with Crippen LogP contribution < -0.4 is 4.72 Å². The van der Waals surface area contributed by atoms with Gasteiger partial charge in [0.15, 0.2) is 0 Å². The normalized spacial score (nSPS) is 11.4. The summed E-state index contributed by atoms with van der Waals surface area (Å²) < 4.78 is 27.1. The maximum absolute atomic E-state index is 11.9. The molecule has 0 aliphatic carbocycles. The van der Waals surface area contributed by atoms with Crippen LogP contribution in [0, 0.1) is 0 Å². The maximum atomic E-state index is 11.9. The highest BCUT2D eigenvalue weighted by Crippen LogP contribution is 2.28. The van der Waals surface area contributed by atoms with Crippen LogP contribution in [0.3, 0.4) is 0 Å². The molecule has 0 aliphatic heterocycles. The van der Waals surface area contributed by atoms with Crippen molar-refractivity contribution in [2.45, 2.75) is 12.8 Å². The Morgan fingerprint density at radius 2 is 1.86 bits per heavy atom. The maximum Gasteiger partial charge on any atom is 0.233 e. The Balaban J connectivity index is 1.96. The number of amides is 1. The zero-order valence-electron chi connectivity index (χ0n) is 14.9. The van der Waals surface area contributed by atoms with E-state index in [0.29, 0.717) is 17.1 Å². The molecular weight excluding hydrogens is 466 g/mol. The fourth-order valence-electron chi connectivity index (χ4n) is 2.71. The third-order valence-electron chi connectivity index (χ3n) is 3.93. The molecule has 1 N–H and O–H groups in total. The quantitative estimate of drug-likeness (QED) is 0.576. The van der Waals surface area contributed by atoms with Crippen molar-refractivity contribution in [3.05, 3.63) is 69.8 Å². The molecule has 6 nitrogen and oxygen atoms in total. The molecule has 0 saturated carbocycles. The first-order valence-electron chi connectivity index (χ1n) is 8.33. The molecule has 146 valence electrons. The molecule has 0 aliphatic rings. The predicted molar refractivity (Wildman–Crippen MR) is 113 cm³/mol. The summed E-state index contributed by atoms with van der Waals surface area (Å²) in [5.41, 5.74) is 3.24. The van der Waals surface area contributed by atoms with Gasteiger partial charge in [0.2, 0.25) is 15.9 Å². The summed E-state index contributed by atoms with van der Waals surface area (Å²) in [4.78, 5) is 11.9. The monoisotopic (exact) mass is 481 g/mol. The number of nitrogens with zero attached hydrogens (tertiary/aromatic N) is 2. The van der Waals surface area contributed by atoms with E-state index >= 15 is 0 Å². The number of para-hydroxylation sites is 1. The number of benzene rings is 2. The largest absolute Gasteiger partial charge is 0.274 e. The number of carbonyl (C=O) groups excluding carboxylic acids is 1. The molecule has 0 fully saturated rings. The lowest BCUT2D eigenvalue weighted by molar-refractivity contribution is -0.119. The summed E-state index contributed by atoms with van der Waals surface area (Å²) in [5.74, 6) is -0.557. The van der Waals surface area contributed by atoms with Crippen LogP contribution in [0.4, 0.5) is 0 Å². The van der Waals surface area contributed by atoms with Crippen molar-refractivity contribution in [2.24, 2.45) is 0 Å². The van der Waals surface area contributed by atoms with Crippen LogP contribution in [0.2, 0.25) is 5.02 Å². The summed E-state index contributed by atoms with van der Waals surface area (Å²) in [7, 11) is -3.58. The van der Waals surface area contributed by atoms with E-state index in [2.05, 4.69) is 21.0 Å². The van der Waals surface area contributed by atoms with Crippen LogP contribution in [0.5, 0.6) is 0 Å². The van der Waals surface area contributed by atoms with Crippen LogP contribution in [-0.2, 0) is 21.2 Å². The minimum Gasteiger partial charge on any atom is -0.274 e. The van der Waals surface area contributed by atoms with Gasteiger partial charge in [-0.1, -0.05) is 35.9 Å². The van der Waals surface area contributed by atoms with Crippen molar-refractivity contribution in [1.29, 1.82) is 0 Å². The molecule has 0 saturated heterocycles. The molecule has 1 heterocycles. The summed E-state index contributed by atoms with van der Waals surface area (Å²) in [6, 6.07) is 14.9. The van der Waals surface area contributed by atoms with E-state index < -0.39 is 15.9 Å². The lowest BCUT2D eigenvalue weighted by Gasteiger charge is -2.04. The molecule has 0 atom stereocenters. The minimum absolute atomic E-state index is 0.0231. The van der Waals surface area contributed by atoms with E-state index in [1.807, 2.05) is 47.3 Å². The number of rotatable bonds is 6. The Hall–Kier alpha value is -2.16. The van der Waals surface area contributed by atoms with Crippen molar-refractivity contribution >= 4 is 43.5 Å². The first-order valence-corrected chi connectivity index (χ1v) is 11.4. The van der Waals surface area contributed by atoms with Crippen LogP contribution in [0.1, 0.15) is 12.0 Å². The first-order chi connectivity index (χ1) is 13.2. The van der Waals surface area contributed by atoms with Gasteiger partial charge in [-0.3, -0.25) is 9.52 Å². The van der Waals surface area contributed by atoms with Gasteiger partial charge in [0.1, 0.15) is 0 Å². The molecule has 2 aromatic carbocycles. The molecule has 0 bridgehead atoms. The highest BCUT2D eigenvalue weighted by Gasteiger charge is 2.16. The van der Waals surface area contributed by atoms with Crippen LogP contribution in [0.15, 0.2) is 59.2 Å². The first kappa shape index (κ1) is 20.6. The summed E-state index contributed by atoms with van der Waals surface area (Å²) in [6.07, 6.45) is 3.16. The van der Waals surface area contributed by atoms with Gasteiger partial charge in [0.25, 0.3) is 0 Å². The second-order valence-electron chi connectivity index (χ2n) is 6.20. The van der Waals surface area contributed by atoms with Gasteiger partial charge in [-0.25, -0.2) is 13.1 Å². The van der Waals surface area contributed by atoms with Gasteiger partial charge in [-0.15, -0.1) is 0 Å². The number of hydrogen-bond donors (Lipinski definition) is 1. The Morgan fingerprint density at radius 3 is 2.50 bits per heavy atom. The third-order valence-corrected chi connectivity index (χ3v) is 5.45. The third kappa shape index (κ3) is 5.21. The van der Waals surface area contributed by atoms with Gasteiger partial charge in [0, 0.05) is 27.7 Å². The average molecular weight is 483 g/mol. The standard InChI is InChI=1S/C19H17BrClN3O3S/c1-28(26,27)23-18(25)11-8-14-12-24(17-5-3-2-4-16(17)20)22-19(14)13-6-9-15(21)10-7-13/h2-7,9-10,12H,8,11H2,1H3,(H,23,25). The summed E-state index contributed by atoms with van der Waals surface area (Å²) >= 11 is 9.50. The second-order valence-corrected chi connectivity index (χ2v) is 9.24. The molecule has 28 heavy (non-hydrogen) atoms. The molecule has 1 amide bonds. The number of aryl methyl sites for hydroxylation is 1. The number of carbonyl (C=O) groups is 1. The summed E-state index contributed by atoms with van der Waals surface area (Å²) in [6.45, 7) is 0.